The topological polar surface area (TPSA) is 20.2 Å². The molecule has 2 heteroatoms. The monoisotopic (exact) mass is 222 g/mol. The minimum Gasteiger partial charge on any atom is -0.387 e. The molecule has 0 aromatic heterocycles. The summed E-state index contributed by atoms with van der Waals surface area (Å²) in [6.07, 6.45) is 3.44. The molecule has 1 aromatic rings. The SMILES string of the molecule is Cc1cccc(C(O)C2CCCCS2)c1. The molecule has 0 bridgehead atoms. The molecule has 1 aliphatic heterocycles. The van der Waals surface area contributed by atoms with Gasteiger partial charge in [-0.1, -0.05) is 36.2 Å². The number of hydrogen-bond donors (Lipinski definition) is 1. The van der Waals surface area contributed by atoms with Crippen LogP contribution in [0.25, 0.3) is 0 Å². The number of hydrogen-bond acceptors (Lipinski definition) is 2. The van der Waals surface area contributed by atoms with Crippen LogP contribution in [0.1, 0.15) is 36.5 Å². The van der Waals surface area contributed by atoms with Crippen molar-refractivity contribution in [2.75, 3.05) is 5.75 Å². The van der Waals surface area contributed by atoms with E-state index >= 15 is 0 Å². The van der Waals surface area contributed by atoms with Gasteiger partial charge in [0.1, 0.15) is 0 Å². The first-order chi connectivity index (χ1) is 7.27. The molecule has 15 heavy (non-hydrogen) atoms. The third-order valence-electron chi connectivity index (χ3n) is 2.95. The molecule has 2 unspecified atom stereocenters. The van der Waals surface area contributed by atoms with E-state index in [4.69, 9.17) is 0 Å². The van der Waals surface area contributed by atoms with Gasteiger partial charge in [-0.05, 0) is 31.1 Å². The predicted octanol–water partition coefficient (Wildman–Crippen LogP) is 3.31. The van der Waals surface area contributed by atoms with Gasteiger partial charge in [-0.15, -0.1) is 0 Å². The molecule has 0 saturated carbocycles. The summed E-state index contributed by atoms with van der Waals surface area (Å²) >= 11 is 1.92. The van der Waals surface area contributed by atoms with Gasteiger partial charge in [0.15, 0.2) is 0 Å². The highest BCUT2D eigenvalue weighted by atomic mass is 32.2. The molecular formula is C13H18OS. The third kappa shape index (κ3) is 2.76. The molecule has 0 amide bonds. The standard InChI is InChI=1S/C13H18OS/c1-10-5-4-6-11(9-10)13(14)12-7-2-3-8-15-12/h4-6,9,12-14H,2-3,7-8H2,1H3. The molecule has 1 fully saturated rings. The quantitative estimate of drug-likeness (QED) is 0.828. The minimum absolute atomic E-state index is 0.282. The van der Waals surface area contributed by atoms with Crippen LogP contribution in [0.3, 0.4) is 0 Å². The molecule has 0 spiro atoms. The lowest BCUT2D eigenvalue weighted by atomic mass is 10.0. The molecule has 0 radical (unpaired) electrons. The Morgan fingerprint density at radius 1 is 1.40 bits per heavy atom. The predicted molar refractivity (Wildman–Crippen MR) is 66.2 cm³/mol. The first-order valence-electron chi connectivity index (χ1n) is 5.63. The van der Waals surface area contributed by atoms with Gasteiger partial charge in [-0.25, -0.2) is 0 Å². The van der Waals surface area contributed by atoms with Crippen LogP contribution in [0.15, 0.2) is 24.3 Å². The van der Waals surface area contributed by atoms with Gasteiger partial charge >= 0.3 is 0 Å². The smallest absolute Gasteiger partial charge is 0.0908 e. The molecule has 2 atom stereocenters. The van der Waals surface area contributed by atoms with E-state index < -0.39 is 0 Å². The number of aliphatic hydroxyl groups excluding tert-OH is 1. The molecule has 1 aromatic carbocycles. The summed E-state index contributed by atoms with van der Waals surface area (Å²) in [4.78, 5) is 0. The highest BCUT2D eigenvalue weighted by Crippen LogP contribution is 2.34. The van der Waals surface area contributed by atoms with Gasteiger partial charge in [0.05, 0.1) is 6.10 Å². The second-order valence-electron chi connectivity index (χ2n) is 4.26. The molecule has 1 aliphatic rings. The number of aliphatic hydroxyl groups is 1. The van der Waals surface area contributed by atoms with Gasteiger partial charge in [-0.2, -0.15) is 11.8 Å². The van der Waals surface area contributed by atoms with E-state index in [0.717, 1.165) is 12.0 Å². The van der Waals surface area contributed by atoms with Gasteiger partial charge < -0.3 is 5.11 Å². The molecule has 2 rings (SSSR count). The number of rotatable bonds is 2. The number of aryl methyl sites for hydroxylation is 1. The number of benzene rings is 1. The second-order valence-corrected chi connectivity index (χ2v) is 5.61. The molecule has 82 valence electrons. The van der Waals surface area contributed by atoms with Crippen LogP contribution < -0.4 is 0 Å². The third-order valence-corrected chi connectivity index (χ3v) is 4.40. The summed E-state index contributed by atoms with van der Waals surface area (Å²) in [5.41, 5.74) is 2.31. The van der Waals surface area contributed by atoms with Crippen LogP contribution >= 0.6 is 11.8 Å². The molecular weight excluding hydrogens is 204 g/mol. The Bertz CT molecular complexity index is 318. The Morgan fingerprint density at radius 2 is 2.27 bits per heavy atom. The summed E-state index contributed by atoms with van der Waals surface area (Å²) in [5, 5.41) is 10.7. The summed E-state index contributed by atoms with van der Waals surface area (Å²) in [7, 11) is 0. The Morgan fingerprint density at radius 3 is 2.93 bits per heavy atom. The van der Waals surface area contributed by atoms with Crippen molar-refractivity contribution in [3.8, 4) is 0 Å². The lowest BCUT2D eigenvalue weighted by molar-refractivity contribution is 0.169. The first kappa shape index (κ1) is 11.0. The summed E-state index contributed by atoms with van der Waals surface area (Å²) in [6.45, 7) is 2.07. The largest absolute Gasteiger partial charge is 0.387 e. The van der Waals surface area contributed by atoms with Gasteiger partial charge in [-0.3, -0.25) is 0 Å². The average molecular weight is 222 g/mol. The molecule has 1 heterocycles. The highest BCUT2D eigenvalue weighted by Gasteiger charge is 2.23. The second kappa shape index (κ2) is 5.04. The Kier molecular flexibility index (Phi) is 3.71. The normalized spacial score (nSPS) is 23.7. The zero-order valence-corrected chi connectivity index (χ0v) is 9.96. The van der Waals surface area contributed by atoms with Crippen molar-refractivity contribution in [3.63, 3.8) is 0 Å². The van der Waals surface area contributed by atoms with Crippen LogP contribution in [0.4, 0.5) is 0 Å². The van der Waals surface area contributed by atoms with Crippen molar-refractivity contribution in [1.82, 2.24) is 0 Å². The Labute approximate surface area is 95.9 Å². The van der Waals surface area contributed by atoms with E-state index in [-0.39, 0.29) is 6.10 Å². The minimum atomic E-state index is -0.282. The van der Waals surface area contributed by atoms with Crippen molar-refractivity contribution in [1.29, 1.82) is 0 Å². The maximum atomic E-state index is 10.2. The van der Waals surface area contributed by atoms with Crippen molar-refractivity contribution in [3.05, 3.63) is 35.4 Å². The first-order valence-corrected chi connectivity index (χ1v) is 6.68. The Hall–Kier alpha value is -0.470. The Balaban J connectivity index is 2.08. The fourth-order valence-electron chi connectivity index (χ4n) is 2.08. The van der Waals surface area contributed by atoms with E-state index in [2.05, 4.69) is 19.1 Å². The van der Waals surface area contributed by atoms with Crippen LogP contribution in [0, 0.1) is 6.92 Å². The fourth-order valence-corrected chi connectivity index (χ4v) is 3.43. The summed E-state index contributed by atoms with van der Waals surface area (Å²) in [5.74, 6) is 1.20. The number of thioether (sulfide) groups is 1. The van der Waals surface area contributed by atoms with Gasteiger partial charge in [0.2, 0.25) is 0 Å². The van der Waals surface area contributed by atoms with Crippen LogP contribution in [-0.4, -0.2) is 16.1 Å². The van der Waals surface area contributed by atoms with E-state index in [9.17, 15) is 5.11 Å². The van der Waals surface area contributed by atoms with Gasteiger partial charge in [0, 0.05) is 5.25 Å². The van der Waals surface area contributed by atoms with Crippen LogP contribution in [-0.2, 0) is 0 Å². The highest BCUT2D eigenvalue weighted by molar-refractivity contribution is 7.99. The van der Waals surface area contributed by atoms with E-state index in [1.807, 2.05) is 23.9 Å². The van der Waals surface area contributed by atoms with E-state index in [1.54, 1.807) is 0 Å². The molecule has 1 saturated heterocycles. The van der Waals surface area contributed by atoms with E-state index in [0.29, 0.717) is 5.25 Å². The van der Waals surface area contributed by atoms with Crippen molar-refractivity contribution < 1.29 is 5.11 Å². The van der Waals surface area contributed by atoms with Crippen LogP contribution in [0.2, 0.25) is 0 Å². The average Bonchev–Trinajstić information content (AvgIpc) is 2.29. The molecule has 1 N–H and O–H groups in total. The summed E-state index contributed by atoms with van der Waals surface area (Å²) in [6, 6.07) is 8.23. The maximum Gasteiger partial charge on any atom is 0.0908 e. The van der Waals surface area contributed by atoms with Crippen molar-refractivity contribution >= 4 is 11.8 Å². The fraction of sp³-hybridized carbons (Fsp3) is 0.538. The van der Waals surface area contributed by atoms with E-state index in [1.165, 1.54) is 24.2 Å². The van der Waals surface area contributed by atoms with Gasteiger partial charge in [0.25, 0.3) is 0 Å². The molecule has 0 aliphatic carbocycles. The lowest BCUT2D eigenvalue weighted by Gasteiger charge is -2.26. The maximum absolute atomic E-state index is 10.2. The molecule has 1 nitrogen and oxygen atoms in total. The summed E-state index contributed by atoms with van der Waals surface area (Å²) < 4.78 is 0. The zero-order chi connectivity index (χ0) is 10.7. The zero-order valence-electron chi connectivity index (χ0n) is 9.15. The lowest BCUT2D eigenvalue weighted by Crippen LogP contribution is -2.18. The van der Waals surface area contributed by atoms with Crippen LogP contribution in [0.5, 0.6) is 0 Å². The van der Waals surface area contributed by atoms with Crippen molar-refractivity contribution in [2.45, 2.75) is 37.5 Å². The van der Waals surface area contributed by atoms with Crippen molar-refractivity contribution in [2.24, 2.45) is 0 Å².